The van der Waals surface area contributed by atoms with Crippen molar-refractivity contribution < 1.29 is 17.9 Å². The van der Waals surface area contributed by atoms with Crippen LogP contribution >= 0.6 is 11.6 Å². The van der Waals surface area contributed by atoms with Crippen molar-refractivity contribution in [2.75, 3.05) is 13.1 Å². The minimum absolute atomic E-state index is 0.0170. The maximum Gasteiger partial charge on any atom is 0.243 e. The number of nitrogens with one attached hydrogen (secondary N) is 1. The quantitative estimate of drug-likeness (QED) is 0.637. The summed E-state index contributed by atoms with van der Waals surface area (Å²) < 4.78 is 33.9. The number of amides is 1. The molecule has 1 aliphatic carbocycles. The number of halogens is 1. The average Bonchev–Trinajstić information content (AvgIpc) is 2.81. The number of carbonyl (C=O) groups is 1. The summed E-state index contributed by atoms with van der Waals surface area (Å²) in [7, 11) is -3.73. The summed E-state index contributed by atoms with van der Waals surface area (Å²) in [6.07, 6.45) is 6.92. The molecular weight excluding hydrogens is 448 g/mol. The number of rotatable bonds is 6. The molecule has 1 N–H and O–H groups in total. The fourth-order valence-corrected chi connectivity index (χ4v) is 6.11. The minimum Gasteiger partial charge on any atom is -0.457 e. The molecule has 1 atom stereocenters. The Morgan fingerprint density at radius 1 is 0.969 bits per heavy atom. The number of benzene rings is 2. The number of carbonyl (C=O) groups excluding carboxylic acids is 1. The van der Waals surface area contributed by atoms with Crippen molar-refractivity contribution in [1.82, 2.24) is 9.62 Å². The highest BCUT2D eigenvalue weighted by atomic mass is 35.5. The minimum atomic E-state index is -3.73. The molecule has 0 unspecified atom stereocenters. The van der Waals surface area contributed by atoms with Crippen LogP contribution in [0.1, 0.15) is 44.9 Å². The fourth-order valence-electron chi connectivity index (χ4n) is 4.43. The van der Waals surface area contributed by atoms with Crippen LogP contribution in [0.25, 0.3) is 0 Å². The van der Waals surface area contributed by atoms with E-state index in [9.17, 15) is 13.2 Å². The number of hydrogen-bond acceptors (Lipinski definition) is 4. The van der Waals surface area contributed by atoms with Gasteiger partial charge in [0.25, 0.3) is 0 Å². The van der Waals surface area contributed by atoms with Gasteiger partial charge in [0.1, 0.15) is 11.5 Å². The van der Waals surface area contributed by atoms with E-state index in [1.54, 1.807) is 42.5 Å². The third-order valence-electron chi connectivity index (χ3n) is 6.20. The molecule has 6 nitrogen and oxygen atoms in total. The molecule has 8 heteroatoms. The molecule has 1 heterocycles. The lowest BCUT2D eigenvalue weighted by atomic mass is 9.93. The van der Waals surface area contributed by atoms with Gasteiger partial charge in [-0.05, 0) is 62.1 Å². The molecule has 2 aromatic carbocycles. The van der Waals surface area contributed by atoms with E-state index in [-0.39, 0.29) is 29.3 Å². The number of sulfonamides is 1. The molecule has 0 radical (unpaired) electrons. The van der Waals surface area contributed by atoms with E-state index in [0.29, 0.717) is 35.9 Å². The molecule has 2 aliphatic rings. The Balaban J connectivity index is 1.44. The van der Waals surface area contributed by atoms with Gasteiger partial charge in [-0.1, -0.05) is 36.9 Å². The van der Waals surface area contributed by atoms with E-state index >= 15 is 0 Å². The van der Waals surface area contributed by atoms with Crippen molar-refractivity contribution in [3.8, 4) is 11.5 Å². The van der Waals surface area contributed by atoms with Crippen molar-refractivity contribution >= 4 is 27.5 Å². The highest BCUT2D eigenvalue weighted by Gasteiger charge is 2.34. The monoisotopic (exact) mass is 476 g/mol. The maximum absolute atomic E-state index is 13.3. The highest BCUT2D eigenvalue weighted by molar-refractivity contribution is 7.89. The summed E-state index contributed by atoms with van der Waals surface area (Å²) >= 11 is 5.91. The van der Waals surface area contributed by atoms with Gasteiger partial charge < -0.3 is 10.1 Å². The van der Waals surface area contributed by atoms with Crippen LogP contribution in [-0.2, 0) is 14.8 Å². The normalized spacial score (nSPS) is 20.6. The fraction of sp³-hybridized carbons (Fsp3) is 0.458. The second kappa shape index (κ2) is 10.2. The lowest BCUT2D eigenvalue weighted by molar-refractivity contribution is -0.127. The largest absolute Gasteiger partial charge is 0.457 e. The van der Waals surface area contributed by atoms with E-state index in [1.807, 2.05) is 0 Å². The van der Waals surface area contributed by atoms with Crippen LogP contribution in [0.5, 0.6) is 11.5 Å². The topological polar surface area (TPSA) is 75.7 Å². The average molecular weight is 477 g/mol. The Labute approximate surface area is 195 Å². The summed E-state index contributed by atoms with van der Waals surface area (Å²) in [5.74, 6) is 0.670. The number of piperidine rings is 1. The van der Waals surface area contributed by atoms with Gasteiger partial charge >= 0.3 is 0 Å². The van der Waals surface area contributed by atoms with Crippen molar-refractivity contribution in [2.24, 2.45) is 5.92 Å². The zero-order chi connectivity index (χ0) is 22.6. The van der Waals surface area contributed by atoms with Crippen LogP contribution in [0.3, 0.4) is 0 Å². The van der Waals surface area contributed by atoms with Crippen LogP contribution < -0.4 is 10.1 Å². The van der Waals surface area contributed by atoms with Crippen molar-refractivity contribution in [1.29, 1.82) is 0 Å². The summed E-state index contributed by atoms with van der Waals surface area (Å²) in [5.41, 5.74) is 0. The lowest BCUT2D eigenvalue weighted by Gasteiger charge is -2.32. The molecule has 0 bridgehead atoms. The smallest absolute Gasteiger partial charge is 0.243 e. The van der Waals surface area contributed by atoms with Gasteiger partial charge in [0.2, 0.25) is 15.9 Å². The van der Waals surface area contributed by atoms with Crippen molar-refractivity contribution in [3.63, 3.8) is 0 Å². The zero-order valence-electron chi connectivity index (χ0n) is 18.0. The number of hydrogen-bond donors (Lipinski definition) is 1. The Hall–Kier alpha value is -2.09. The summed E-state index contributed by atoms with van der Waals surface area (Å²) in [6, 6.07) is 13.6. The van der Waals surface area contributed by atoms with Crippen LogP contribution in [0.15, 0.2) is 53.4 Å². The van der Waals surface area contributed by atoms with E-state index in [0.717, 1.165) is 25.7 Å². The van der Waals surface area contributed by atoms with Crippen molar-refractivity contribution in [3.05, 3.63) is 53.6 Å². The molecular formula is C24H29ClN2O4S. The second-order valence-corrected chi connectivity index (χ2v) is 11.0. The van der Waals surface area contributed by atoms with Gasteiger partial charge in [-0.3, -0.25) is 4.79 Å². The Kier molecular flexibility index (Phi) is 7.38. The Morgan fingerprint density at radius 2 is 1.72 bits per heavy atom. The molecule has 2 fully saturated rings. The van der Waals surface area contributed by atoms with E-state index in [2.05, 4.69) is 5.32 Å². The number of ether oxygens (including phenoxy) is 1. The first-order valence-electron chi connectivity index (χ1n) is 11.3. The Morgan fingerprint density at radius 3 is 2.47 bits per heavy atom. The molecule has 2 aromatic rings. The van der Waals surface area contributed by atoms with Crippen molar-refractivity contribution in [2.45, 2.75) is 55.9 Å². The second-order valence-electron chi connectivity index (χ2n) is 8.58. The van der Waals surface area contributed by atoms with Crippen LogP contribution in [-0.4, -0.2) is 37.8 Å². The van der Waals surface area contributed by atoms with E-state index in [1.165, 1.54) is 16.8 Å². The predicted octanol–water partition coefficient (Wildman–Crippen LogP) is 4.98. The molecule has 4 rings (SSSR count). The van der Waals surface area contributed by atoms with Crippen LogP contribution in [0.2, 0.25) is 5.02 Å². The standard InChI is InChI=1S/C24H29ClN2O4S/c25-19-11-13-21(14-12-19)31-22-9-4-10-23(16-22)32(29,30)27-15-5-6-18(17-27)24(28)26-20-7-2-1-3-8-20/h4,9-14,16,18,20H,1-3,5-8,15,17H2,(H,26,28)/t18-/m0/s1. The SMILES string of the molecule is O=C(NC1CCCCC1)[C@H]1CCCN(S(=O)(=O)c2cccc(Oc3ccc(Cl)cc3)c2)C1. The first kappa shape index (κ1) is 23.1. The third kappa shape index (κ3) is 5.63. The molecule has 32 heavy (non-hydrogen) atoms. The highest BCUT2D eigenvalue weighted by Crippen LogP contribution is 2.29. The molecule has 1 amide bonds. The summed E-state index contributed by atoms with van der Waals surface area (Å²) in [6.45, 7) is 0.626. The summed E-state index contributed by atoms with van der Waals surface area (Å²) in [4.78, 5) is 13.0. The van der Waals surface area contributed by atoms with E-state index < -0.39 is 10.0 Å². The molecule has 1 saturated carbocycles. The predicted molar refractivity (Wildman–Crippen MR) is 124 cm³/mol. The molecule has 172 valence electrons. The molecule has 1 aliphatic heterocycles. The summed E-state index contributed by atoms with van der Waals surface area (Å²) in [5, 5.41) is 3.75. The van der Waals surface area contributed by atoms with Gasteiger partial charge in [-0.25, -0.2) is 8.42 Å². The molecule has 0 spiro atoms. The van der Waals surface area contributed by atoms with Gasteiger partial charge in [0.05, 0.1) is 10.8 Å². The first-order valence-corrected chi connectivity index (χ1v) is 13.1. The van der Waals surface area contributed by atoms with Gasteiger partial charge in [0.15, 0.2) is 0 Å². The molecule has 0 aromatic heterocycles. The first-order chi connectivity index (χ1) is 15.4. The zero-order valence-corrected chi connectivity index (χ0v) is 19.6. The van der Waals surface area contributed by atoms with Gasteiger partial charge in [0, 0.05) is 30.2 Å². The lowest BCUT2D eigenvalue weighted by Crippen LogP contribution is -2.47. The van der Waals surface area contributed by atoms with Crippen LogP contribution in [0, 0.1) is 5.92 Å². The molecule has 1 saturated heterocycles. The Bertz CT molecular complexity index is 1040. The van der Waals surface area contributed by atoms with Gasteiger partial charge in [-0.15, -0.1) is 0 Å². The third-order valence-corrected chi connectivity index (χ3v) is 8.31. The van der Waals surface area contributed by atoms with Gasteiger partial charge in [-0.2, -0.15) is 4.31 Å². The maximum atomic E-state index is 13.3. The number of nitrogens with zero attached hydrogens (tertiary/aromatic N) is 1. The van der Waals surface area contributed by atoms with Crippen LogP contribution in [0.4, 0.5) is 0 Å². The van der Waals surface area contributed by atoms with E-state index in [4.69, 9.17) is 16.3 Å².